The van der Waals surface area contributed by atoms with Gasteiger partial charge in [-0.25, -0.2) is 0 Å². The minimum atomic E-state index is 0. The van der Waals surface area contributed by atoms with Crippen molar-refractivity contribution in [2.24, 2.45) is 10.9 Å². The Kier molecular flexibility index (Phi) is 5.25. The predicted molar refractivity (Wildman–Crippen MR) is 51.9 cm³/mol. The molecule has 0 aliphatic heterocycles. The molecule has 2 N–H and O–H groups in total. The first-order valence-electron chi connectivity index (χ1n) is 3.49. The van der Waals surface area contributed by atoms with E-state index >= 15 is 0 Å². The highest BCUT2D eigenvalue weighted by Crippen LogP contribution is 2.11. The molecule has 0 saturated carbocycles. The molecule has 0 saturated heterocycles. The molecule has 0 unspecified atom stereocenters. The lowest BCUT2D eigenvalue weighted by Gasteiger charge is -1.96. The van der Waals surface area contributed by atoms with Gasteiger partial charge in [-0.2, -0.15) is 0 Å². The molecule has 3 nitrogen and oxygen atoms in total. The molecule has 1 aromatic rings. The van der Waals surface area contributed by atoms with E-state index in [2.05, 4.69) is 5.18 Å². The second-order valence-electron chi connectivity index (χ2n) is 2.30. The van der Waals surface area contributed by atoms with Crippen molar-refractivity contribution < 1.29 is 0 Å². The van der Waals surface area contributed by atoms with E-state index < -0.39 is 0 Å². The van der Waals surface area contributed by atoms with Gasteiger partial charge in [0.1, 0.15) is 5.69 Å². The number of nitroso groups, excluding NO2 is 1. The summed E-state index contributed by atoms with van der Waals surface area (Å²) in [4.78, 5) is 10.0. The molecule has 0 radical (unpaired) electrons. The Labute approximate surface area is 77.3 Å². The van der Waals surface area contributed by atoms with Gasteiger partial charge in [0.05, 0.1) is 0 Å². The molecule has 0 amide bonds. The first-order valence-corrected chi connectivity index (χ1v) is 3.49. The highest BCUT2D eigenvalue weighted by molar-refractivity contribution is 5.85. The summed E-state index contributed by atoms with van der Waals surface area (Å²) in [5.41, 5.74) is 6.95. The molecule has 0 atom stereocenters. The van der Waals surface area contributed by atoms with E-state index in [1.807, 2.05) is 12.1 Å². The summed E-state index contributed by atoms with van der Waals surface area (Å²) in [7, 11) is 0. The summed E-state index contributed by atoms with van der Waals surface area (Å²) < 4.78 is 0. The van der Waals surface area contributed by atoms with E-state index in [-0.39, 0.29) is 12.4 Å². The van der Waals surface area contributed by atoms with Crippen molar-refractivity contribution in [3.63, 3.8) is 0 Å². The van der Waals surface area contributed by atoms with Gasteiger partial charge < -0.3 is 5.73 Å². The number of hydrogen-bond acceptors (Lipinski definition) is 3. The number of halogens is 1. The maximum atomic E-state index is 10.0. The van der Waals surface area contributed by atoms with Crippen LogP contribution >= 0.6 is 12.4 Å². The normalized spacial score (nSPS) is 8.75. The molecule has 0 aliphatic rings. The molecule has 0 aromatic heterocycles. The topological polar surface area (TPSA) is 55.4 Å². The van der Waals surface area contributed by atoms with Crippen LogP contribution in [0.1, 0.15) is 5.56 Å². The van der Waals surface area contributed by atoms with Gasteiger partial charge in [0, 0.05) is 0 Å². The summed E-state index contributed by atoms with van der Waals surface area (Å²) in [6.07, 6.45) is 0.846. The summed E-state index contributed by atoms with van der Waals surface area (Å²) in [6, 6.07) is 7.11. The van der Waals surface area contributed by atoms with E-state index in [1.54, 1.807) is 12.1 Å². The van der Waals surface area contributed by atoms with Crippen LogP contribution in [-0.2, 0) is 6.42 Å². The Balaban J connectivity index is 0.00000121. The molecular formula is C8H11ClN2O. The molecule has 66 valence electrons. The molecule has 0 spiro atoms. The monoisotopic (exact) mass is 186 g/mol. The average Bonchev–Trinajstić information content (AvgIpc) is 2.07. The summed E-state index contributed by atoms with van der Waals surface area (Å²) in [5.74, 6) is 0. The largest absolute Gasteiger partial charge is 0.330 e. The zero-order valence-electron chi connectivity index (χ0n) is 6.56. The first kappa shape index (κ1) is 11.1. The van der Waals surface area contributed by atoms with E-state index in [9.17, 15) is 4.91 Å². The highest BCUT2D eigenvalue weighted by Gasteiger charge is 1.91. The number of benzene rings is 1. The van der Waals surface area contributed by atoms with Crippen LogP contribution in [0.25, 0.3) is 0 Å². The Bertz CT molecular complexity index is 235. The third-order valence-electron chi connectivity index (χ3n) is 1.47. The van der Waals surface area contributed by atoms with E-state index in [0.717, 1.165) is 12.0 Å². The summed E-state index contributed by atoms with van der Waals surface area (Å²) in [5, 5.41) is 2.79. The van der Waals surface area contributed by atoms with Crippen LogP contribution in [0.15, 0.2) is 29.4 Å². The molecule has 4 heteroatoms. The van der Waals surface area contributed by atoms with Gasteiger partial charge in [-0.15, -0.1) is 17.3 Å². The second kappa shape index (κ2) is 5.69. The molecule has 1 rings (SSSR count). The highest BCUT2D eigenvalue weighted by atomic mass is 35.5. The fraction of sp³-hybridized carbons (Fsp3) is 0.250. The molecule has 12 heavy (non-hydrogen) atoms. The SMILES string of the molecule is Cl.NCCc1ccc(N=O)cc1. The van der Waals surface area contributed by atoms with Gasteiger partial charge in [-0.1, -0.05) is 12.1 Å². The van der Waals surface area contributed by atoms with Crippen LogP contribution in [0, 0.1) is 4.91 Å². The quantitative estimate of drug-likeness (QED) is 0.735. The minimum absolute atomic E-state index is 0. The fourth-order valence-electron chi connectivity index (χ4n) is 0.890. The maximum absolute atomic E-state index is 10.0. The number of hydrogen-bond donors (Lipinski definition) is 1. The van der Waals surface area contributed by atoms with Crippen molar-refractivity contribution >= 4 is 18.1 Å². The van der Waals surface area contributed by atoms with Gasteiger partial charge >= 0.3 is 0 Å². The Morgan fingerprint density at radius 3 is 2.25 bits per heavy atom. The van der Waals surface area contributed by atoms with Crippen molar-refractivity contribution in [2.75, 3.05) is 6.54 Å². The van der Waals surface area contributed by atoms with Crippen LogP contribution in [0.5, 0.6) is 0 Å². The van der Waals surface area contributed by atoms with Crippen molar-refractivity contribution in [1.29, 1.82) is 0 Å². The van der Waals surface area contributed by atoms with Crippen LogP contribution in [0.2, 0.25) is 0 Å². The Hall–Kier alpha value is -0.930. The zero-order valence-corrected chi connectivity index (χ0v) is 7.38. The lowest BCUT2D eigenvalue weighted by Crippen LogP contribution is -2.01. The van der Waals surface area contributed by atoms with E-state index in [1.165, 1.54) is 0 Å². The van der Waals surface area contributed by atoms with Gasteiger partial charge in [0.25, 0.3) is 0 Å². The third-order valence-corrected chi connectivity index (χ3v) is 1.47. The van der Waals surface area contributed by atoms with Crippen molar-refractivity contribution in [3.8, 4) is 0 Å². The summed E-state index contributed by atoms with van der Waals surface area (Å²) >= 11 is 0. The molecular weight excluding hydrogens is 176 g/mol. The van der Waals surface area contributed by atoms with Crippen LogP contribution < -0.4 is 5.73 Å². The van der Waals surface area contributed by atoms with Crippen LogP contribution in [0.3, 0.4) is 0 Å². The molecule has 0 heterocycles. The first-order chi connectivity index (χ1) is 5.36. The van der Waals surface area contributed by atoms with Gasteiger partial charge in [-0.05, 0) is 35.8 Å². The van der Waals surface area contributed by atoms with E-state index in [4.69, 9.17) is 5.73 Å². The number of nitrogens with zero attached hydrogens (tertiary/aromatic N) is 1. The lowest BCUT2D eigenvalue weighted by atomic mass is 10.1. The number of rotatable bonds is 3. The zero-order chi connectivity index (χ0) is 8.10. The van der Waals surface area contributed by atoms with Crippen LogP contribution in [0.4, 0.5) is 5.69 Å². The van der Waals surface area contributed by atoms with Gasteiger partial charge in [-0.3, -0.25) is 0 Å². The fourth-order valence-corrected chi connectivity index (χ4v) is 0.890. The molecule has 0 aliphatic carbocycles. The predicted octanol–water partition coefficient (Wildman–Crippen LogP) is 2.01. The van der Waals surface area contributed by atoms with Crippen molar-refractivity contribution in [3.05, 3.63) is 34.7 Å². The standard InChI is InChI=1S/C8H10N2O.ClH/c9-6-5-7-1-3-8(10-11)4-2-7;/h1-4H,5-6,9H2;1H. The average molecular weight is 187 g/mol. The van der Waals surface area contributed by atoms with Crippen molar-refractivity contribution in [1.82, 2.24) is 0 Å². The van der Waals surface area contributed by atoms with Gasteiger partial charge in [0.2, 0.25) is 0 Å². The van der Waals surface area contributed by atoms with Crippen LogP contribution in [-0.4, -0.2) is 6.54 Å². The Morgan fingerprint density at radius 1 is 1.25 bits per heavy atom. The molecule has 1 aromatic carbocycles. The molecule has 0 fully saturated rings. The lowest BCUT2D eigenvalue weighted by molar-refractivity contribution is 0.969. The van der Waals surface area contributed by atoms with Crippen molar-refractivity contribution in [2.45, 2.75) is 6.42 Å². The Morgan fingerprint density at radius 2 is 1.83 bits per heavy atom. The maximum Gasteiger partial charge on any atom is 0.108 e. The second-order valence-corrected chi connectivity index (χ2v) is 2.30. The van der Waals surface area contributed by atoms with Gasteiger partial charge in [0.15, 0.2) is 0 Å². The van der Waals surface area contributed by atoms with E-state index in [0.29, 0.717) is 12.2 Å². The molecule has 0 bridgehead atoms. The smallest absolute Gasteiger partial charge is 0.108 e. The third kappa shape index (κ3) is 2.98. The summed E-state index contributed by atoms with van der Waals surface area (Å²) in [6.45, 7) is 0.633. The minimum Gasteiger partial charge on any atom is -0.330 e. The number of nitrogens with two attached hydrogens (primary N) is 1.